The van der Waals surface area contributed by atoms with Gasteiger partial charge in [-0.3, -0.25) is 4.99 Å². The Morgan fingerprint density at radius 2 is 1.58 bits per heavy atom. The minimum atomic E-state index is 0.312. The van der Waals surface area contributed by atoms with Crippen molar-refractivity contribution in [3.8, 4) is 23.0 Å². The summed E-state index contributed by atoms with van der Waals surface area (Å²) in [5, 5.41) is 0. The molecular formula is C28H35NO4. The molecule has 5 nitrogen and oxygen atoms in total. The maximum Gasteiger partial charge on any atom is 0.161 e. The lowest BCUT2D eigenvalue weighted by Crippen LogP contribution is -2.29. The van der Waals surface area contributed by atoms with Crippen molar-refractivity contribution in [3.05, 3.63) is 47.0 Å². The van der Waals surface area contributed by atoms with Crippen LogP contribution in [0.15, 0.2) is 35.3 Å². The molecular weight excluding hydrogens is 414 g/mol. The third kappa shape index (κ3) is 4.55. The first-order valence-corrected chi connectivity index (χ1v) is 12.5. The van der Waals surface area contributed by atoms with Crippen molar-refractivity contribution in [1.82, 2.24) is 0 Å². The highest BCUT2D eigenvalue weighted by molar-refractivity contribution is 6.15. The first-order valence-electron chi connectivity index (χ1n) is 12.5. The second kappa shape index (κ2) is 9.66. The number of hydrogen-bond acceptors (Lipinski definition) is 5. The maximum absolute atomic E-state index is 6.21. The van der Waals surface area contributed by atoms with Crippen LogP contribution in [0.3, 0.4) is 0 Å². The molecule has 0 bridgehead atoms. The molecule has 0 amide bonds. The Hall–Kier alpha value is -2.69. The average Bonchev–Trinajstić information content (AvgIpc) is 3.67. The molecule has 2 fully saturated rings. The van der Waals surface area contributed by atoms with E-state index in [4.69, 9.17) is 23.9 Å². The molecule has 2 unspecified atom stereocenters. The highest BCUT2D eigenvalue weighted by Crippen LogP contribution is 2.45. The molecule has 2 aromatic rings. The number of nitrogens with zero attached hydrogens (tertiary/aromatic N) is 1. The van der Waals surface area contributed by atoms with Crippen LogP contribution in [0, 0.1) is 5.92 Å². The molecule has 33 heavy (non-hydrogen) atoms. The zero-order valence-electron chi connectivity index (χ0n) is 20.1. The summed E-state index contributed by atoms with van der Waals surface area (Å²) >= 11 is 0. The molecule has 0 saturated heterocycles. The van der Waals surface area contributed by atoms with Gasteiger partial charge in [0.15, 0.2) is 23.0 Å². The van der Waals surface area contributed by atoms with E-state index in [1.165, 1.54) is 37.7 Å². The number of methoxy groups -OCH3 is 1. The standard InChI is InChI=1S/C28H35NO4/c1-4-31-24-13-12-19(14-26(24)33-17-18-10-11-18)28-22-16-25(30-3)27(32-5-2)15-21(22)20-8-6-7-9-23(20)29-28/h12-16,18,20,23H,4-11,17H2,1-3H3. The lowest BCUT2D eigenvalue weighted by molar-refractivity contribution is 0.267. The Labute approximate surface area is 197 Å². The number of ether oxygens (including phenoxy) is 4. The summed E-state index contributed by atoms with van der Waals surface area (Å²) < 4.78 is 23.7. The Morgan fingerprint density at radius 3 is 2.33 bits per heavy atom. The van der Waals surface area contributed by atoms with Crippen molar-refractivity contribution in [1.29, 1.82) is 0 Å². The van der Waals surface area contributed by atoms with Gasteiger partial charge in [-0.2, -0.15) is 0 Å². The summed E-state index contributed by atoms with van der Waals surface area (Å²) in [7, 11) is 1.70. The van der Waals surface area contributed by atoms with Gasteiger partial charge in [-0.1, -0.05) is 12.8 Å². The second-order valence-electron chi connectivity index (χ2n) is 9.31. The Balaban J connectivity index is 1.58. The van der Waals surface area contributed by atoms with Gasteiger partial charge in [-0.05, 0) is 81.3 Å². The van der Waals surface area contributed by atoms with Gasteiger partial charge < -0.3 is 18.9 Å². The van der Waals surface area contributed by atoms with Crippen LogP contribution in [0.5, 0.6) is 23.0 Å². The molecule has 0 radical (unpaired) electrons. The largest absolute Gasteiger partial charge is 0.493 e. The van der Waals surface area contributed by atoms with Gasteiger partial charge in [0.1, 0.15) is 0 Å². The molecule has 2 atom stereocenters. The van der Waals surface area contributed by atoms with Gasteiger partial charge in [-0.15, -0.1) is 0 Å². The molecule has 176 valence electrons. The lowest BCUT2D eigenvalue weighted by atomic mass is 9.75. The second-order valence-corrected chi connectivity index (χ2v) is 9.31. The molecule has 3 aliphatic rings. The minimum Gasteiger partial charge on any atom is -0.493 e. The topological polar surface area (TPSA) is 49.3 Å². The first-order chi connectivity index (χ1) is 16.2. The zero-order chi connectivity index (χ0) is 22.8. The summed E-state index contributed by atoms with van der Waals surface area (Å²) in [6, 6.07) is 10.9. The maximum atomic E-state index is 6.21. The van der Waals surface area contributed by atoms with Crippen LogP contribution in [0.25, 0.3) is 0 Å². The van der Waals surface area contributed by atoms with E-state index in [9.17, 15) is 0 Å². The smallest absolute Gasteiger partial charge is 0.161 e. The van der Waals surface area contributed by atoms with E-state index in [2.05, 4.69) is 24.3 Å². The fourth-order valence-electron chi connectivity index (χ4n) is 5.14. The lowest BCUT2D eigenvalue weighted by Gasteiger charge is -2.36. The first kappa shape index (κ1) is 22.1. The third-order valence-corrected chi connectivity index (χ3v) is 7.00. The predicted molar refractivity (Wildman–Crippen MR) is 131 cm³/mol. The molecule has 0 spiro atoms. The van der Waals surface area contributed by atoms with Crippen LogP contribution in [-0.4, -0.2) is 38.7 Å². The van der Waals surface area contributed by atoms with E-state index in [1.54, 1.807) is 7.11 Å². The normalized spacial score (nSPS) is 21.5. The van der Waals surface area contributed by atoms with E-state index in [-0.39, 0.29) is 0 Å². The van der Waals surface area contributed by atoms with Crippen LogP contribution in [0.4, 0.5) is 0 Å². The Morgan fingerprint density at radius 1 is 0.818 bits per heavy atom. The van der Waals surface area contributed by atoms with Gasteiger partial charge in [-0.25, -0.2) is 0 Å². The molecule has 1 heterocycles. The average molecular weight is 450 g/mol. The van der Waals surface area contributed by atoms with Crippen molar-refractivity contribution in [2.75, 3.05) is 26.9 Å². The number of hydrogen-bond donors (Lipinski definition) is 0. The van der Waals surface area contributed by atoms with E-state index >= 15 is 0 Å². The number of fused-ring (bicyclic) bond motifs is 3. The van der Waals surface area contributed by atoms with Crippen molar-refractivity contribution >= 4 is 5.71 Å². The summed E-state index contributed by atoms with van der Waals surface area (Å²) in [4.78, 5) is 5.31. The summed E-state index contributed by atoms with van der Waals surface area (Å²) in [5.74, 6) is 4.32. The van der Waals surface area contributed by atoms with Crippen LogP contribution in [0.2, 0.25) is 0 Å². The molecule has 0 N–H and O–H groups in total. The highest BCUT2D eigenvalue weighted by atomic mass is 16.5. The molecule has 5 heteroatoms. The van der Waals surface area contributed by atoms with Crippen LogP contribution >= 0.6 is 0 Å². The molecule has 2 aromatic carbocycles. The Bertz CT molecular complexity index is 1030. The molecule has 5 rings (SSSR count). The SMILES string of the molecule is CCOc1cc2c(cc1OC)C(c1ccc(OCC)c(OCC3CC3)c1)=NC1CCCCC21. The van der Waals surface area contributed by atoms with Gasteiger partial charge in [0.25, 0.3) is 0 Å². The number of rotatable bonds is 9. The van der Waals surface area contributed by atoms with E-state index in [0.29, 0.717) is 31.1 Å². The molecule has 1 aliphatic heterocycles. The monoisotopic (exact) mass is 449 g/mol. The van der Waals surface area contributed by atoms with Crippen molar-refractivity contribution in [3.63, 3.8) is 0 Å². The summed E-state index contributed by atoms with van der Waals surface area (Å²) in [5.41, 5.74) is 4.58. The van der Waals surface area contributed by atoms with Gasteiger partial charge >= 0.3 is 0 Å². The molecule has 2 aliphatic carbocycles. The predicted octanol–water partition coefficient (Wildman–Crippen LogP) is 6.16. The third-order valence-electron chi connectivity index (χ3n) is 7.00. The number of benzene rings is 2. The van der Waals surface area contributed by atoms with Crippen LogP contribution < -0.4 is 18.9 Å². The summed E-state index contributed by atoms with van der Waals surface area (Å²) in [6.07, 6.45) is 7.31. The van der Waals surface area contributed by atoms with E-state index in [1.807, 2.05) is 19.9 Å². The minimum absolute atomic E-state index is 0.312. The van der Waals surface area contributed by atoms with Crippen LogP contribution in [0.1, 0.15) is 75.0 Å². The van der Waals surface area contributed by atoms with Crippen LogP contribution in [-0.2, 0) is 0 Å². The van der Waals surface area contributed by atoms with Crippen molar-refractivity contribution in [2.24, 2.45) is 10.9 Å². The van der Waals surface area contributed by atoms with Gasteiger partial charge in [0, 0.05) is 17.0 Å². The fraction of sp³-hybridized carbons (Fsp3) is 0.536. The highest BCUT2D eigenvalue weighted by Gasteiger charge is 2.35. The van der Waals surface area contributed by atoms with Crippen molar-refractivity contribution in [2.45, 2.75) is 64.3 Å². The molecule has 2 saturated carbocycles. The quantitative estimate of drug-likeness (QED) is 0.460. The molecule has 0 aromatic heterocycles. The number of aliphatic imine (C=N–C) groups is 1. The van der Waals surface area contributed by atoms with Gasteiger partial charge in [0.05, 0.1) is 38.7 Å². The van der Waals surface area contributed by atoms with Crippen molar-refractivity contribution < 1.29 is 18.9 Å². The van der Waals surface area contributed by atoms with E-state index < -0.39 is 0 Å². The fourth-order valence-corrected chi connectivity index (χ4v) is 5.14. The summed E-state index contributed by atoms with van der Waals surface area (Å²) in [6.45, 7) is 6.00. The van der Waals surface area contributed by atoms with Gasteiger partial charge in [0.2, 0.25) is 0 Å². The Kier molecular flexibility index (Phi) is 6.48. The zero-order valence-corrected chi connectivity index (χ0v) is 20.1. The van der Waals surface area contributed by atoms with E-state index in [0.717, 1.165) is 52.9 Å².